The Labute approximate surface area is 79.2 Å². The van der Waals surface area contributed by atoms with E-state index in [2.05, 4.69) is 11.4 Å². The van der Waals surface area contributed by atoms with Gasteiger partial charge < -0.3 is 0 Å². The SMILES string of the molecule is CC(C)NC(C#N)c1ccccc1. The Morgan fingerprint density at radius 1 is 1.23 bits per heavy atom. The lowest BCUT2D eigenvalue weighted by atomic mass is 10.1. The van der Waals surface area contributed by atoms with Crippen molar-refractivity contribution in [1.29, 1.82) is 5.26 Å². The highest BCUT2D eigenvalue weighted by molar-refractivity contribution is 5.23. The van der Waals surface area contributed by atoms with E-state index in [1.54, 1.807) is 0 Å². The predicted molar refractivity (Wildman–Crippen MR) is 53.1 cm³/mol. The first-order chi connectivity index (χ1) is 6.24. The summed E-state index contributed by atoms with van der Waals surface area (Å²) in [6, 6.07) is 12.1. The molecule has 68 valence electrons. The third kappa shape index (κ3) is 2.89. The van der Waals surface area contributed by atoms with Crippen LogP contribution < -0.4 is 5.32 Å². The summed E-state index contributed by atoms with van der Waals surface area (Å²) in [4.78, 5) is 0. The molecule has 0 bridgehead atoms. The highest BCUT2D eigenvalue weighted by Crippen LogP contribution is 2.11. The molecule has 0 spiro atoms. The summed E-state index contributed by atoms with van der Waals surface area (Å²) in [7, 11) is 0. The van der Waals surface area contributed by atoms with Crippen molar-refractivity contribution in [1.82, 2.24) is 5.32 Å². The molecular weight excluding hydrogens is 160 g/mol. The quantitative estimate of drug-likeness (QED) is 0.762. The van der Waals surface area contributed by atoms with Gasteiger partial charge in [0, 0.05) is 6.04 Å². The van der Waals surface area contributed by atoms with Crippen molar-refractivity contribution < 1.29 is 0 Å². The molecule has 0 heterocycles. The number of benzene rings is 1. The molecule has 13 heavy (non-hydrogen) atoms. The first-order valence-corrected chi connectivity index (χ1v) is 4.44. The normalized spacial score (nSPS) is 12.5. The highest BCUT2D eigenvalue weighted by Gasteiger charge is 2.09. The first-order valence-electron chi connectivity index (χ1n) is 4.44. The maximum absolute atomic E-state index is 8.92. The van der Waals surface area contributed by atoms with E-state index in [1.165, 1.54) is 0 Å². The zero-order valence-electron chi connectivity index (χ0n) is 7.99. The maximum atomic E-state index is 8.92. The van der Waals surface area contributed by atoms with E-state index < -0.39 is 0 Å². The summed E-state index contributed by atoms with van der Waals surface area (Å²) >= 11 is 0. The molecule has 0 aliphatic heterocycles. The number of hydrogen-bond donors (Lipinski definition) is 1. The monoisotopic (exact) mass is 174 g/mol. The third-order valence-corrected chi connectivity index (χ3v) is 1.76. The van der Waals surface area contributed by atoms with Crippen LogP contribution >= 0.6 is 0 Å². The molecule has 1 aromatic carbocycles. The lowest BCUT2D eigenvalue weighted by Crippen LogP contribution is -2.26. The van der Waals surface area contributed by atoms with Gasteiger partial charge in [0.25, 0.3) is 0 Å². The van der Waals surface area contributed by atoms with Gasteiger partial charge in [-0.3, -0.25) is 5.32 Å². The molecule has 2 nitrogen and oxygen atoms in total. The second kappa shape index (κ2) is 4.64. The third-order valence-electron chi connectivity index (χ3n) is 1.76. The average Bonchev–Trinajstić information content (AvgIpc) is 2.15. The summed E-state index contributed by atoms with van der Waals surface area (Å²) in [5, 5.41) is 12.1. The van der Waals surface area contributed by atoms with Crippen LogP contribution in [0.4, 0.5) is 0 Å². The fourth-order valence-electron chi connectivity index (χ4n) is 1.19. The van der Waals surface area contributed by atoms with Crippen LogP contribution in [0.1, 0.15) is 25.5 Å². The van der Waals surface area contributed by atoms with Crippen LogP contribution in [0.3, 0.4) is 0 Å². The van der Waals surface area contributed by atoms with Gasteiger partial charge in [0.05, 0.1) is 6.07 Å². The van der Waals surface area contributed by atoms with Crippen molar-refractivity contribution in [2.24, 2.45) is 0 Å². The zero-order valence-corrected chi connectivity index (χ0v) is 7.99. The van der Waals surface area contributed by atoms with Crippen molar-refractivity contribution in [3.8, 4) is 6.07 Å². The Hall–Kier alpha value is -1.33. The topological polar surface area (TPSA) is 35.8 Å². The van der Waals surface area contributed by atoms with Gasteiger partial charge in [-0.2, -0.15) is 5.26 Å². The standard InChI is InChI=1S/C11H14N2/c1-9(2)13-11(8-12)10-6-4-3-5-7-10/h3-7,9,11,13H,1-2H3. The maximum Gasteiger partial charge on any atom is 0.121 e. The van der Waals surface area contributed by atoms with Crippen LogP contribution in [-0.2, 0) is 0 Å². The van der Waals surface area contributed by atoms with Gasteiger partial charge in [0.1, 0.15) is 6.04 Å². The Morgan fingerprint density at radius 3 is 2.31 bits per heavy atom. The molecule has 1 rings (SSSR count). The van der Waals surface area contributed by atoms with E-state index in [4.69, 9.17) is 5.26 Å². The van der Waals surface area contributed by atoms with Crippen molar-refractivity contribution >= 4 is 0 Å². The molecule has 0 aromatic heterocycles. The van der Waals surface area contributed by atoms with Crippen LogP contribution in [-0.4, -0.2) is 6.04 Å². The number of rotatable bonds is 3. The molecular formula is C11H14N2. The molecule has 0 aliphatic rings. The van der Waals surface area contributed by atoms with E-state index >= 15 is 0 Å². The number of nitrogens with zero attached hydrogens (tertiary/aromatic N) is 1. The van der Waals surface area contributed by atoms with Crippen molar-refractivity contribution in [2.75, 3.05) is 0 Å². The molecule has 0 saturated carbocycles. The van der Waals surface area contributed by atoms with Crippen LogP contribution in [0.25, 0.3) is 0 Å². The minimum atomic E-state index is -0.193. The fraction of sp³-hybridized carbons (Fsp3) is 0.364. The van der Waals surface area contributed by atoms with E-state index in [9.17, 15) is 0 Å². The van der Waals surface area contributed by atoms with Gasteiger partial charge in [-0.05, 0) is 19.4 Å². The van der Waals surface area contributed by atoms with Crippen molar-refractivity contribution in [3.05, 3.63) is 35.9 Å². The van der Waals surface area contributed by atoms with Crippen LogP contribution in [0, 0.1) is 11.3 Å². The summed E-state index contributed by atoms with van der Waals surface area (Å²) in [5.41, 5.74) is 1.03. The largest absolute Gasteiger partial charge is 0.296 e. The molecule has 0 aliphatic carbocycles. The highest BCUT2D eigenvalue weighted by atomic mass is 14.9. The molecule has 0 radical (unpaired) electrons. The molecule has 2 heteroatoms. The first kappa shape index (κ1) is 9.76. The average molecular weight is 174 g/mol. The molecule has 1 N–H and O–H groups in total. The van der Waals surface area contributed by atoms with Gasteiger partial charge in [-0.15, -0.1) is 0 Å². The molecule has 1 aromatic rings. The van der Waals surface area contributed by atoms with Gasteiger partial charge in [-0.1, -0.05) is 30.3 Å². The minimum absolute atomic E-state index is 0.193. The van der Waals surface area contributed by atoms with Crippen LogP contribution in [0.15, 0.2) is 30.3 Å². The summed E-state index contributed by atoms with van der Waals surface area (Å²) in [5.74, 6) is 0. The Morgan fingerprint density at radius 2 is 1.85 bits per heavy atom. The van der Waals surface area contributed by atoms with Crippen molar-refractivity contribution in [2.45, 2.75) is 25.9 Å². The number of hydrogen-bond acceptors (Lipinski definition) is 2. The lowest BCUT2D eigenvalue weighted by molar-refractivity contribution is 0.546. The fourth-order valence-corrected chi connectivity index (χ4v) is 1.19. The smallest absolute Gasteiger partial charge is 0.121 e. The van der Waals surface area contributed by atoms with Gasteiger partial charge in [0.15, 0.2) is 0 Å². The lowest BCUT2D eigenvalue weighted by Gasteiger charge is -2.14. The minimum Gasteiger partial charge on any atom is -0.296 e. The predicted octanol–water partition coefficient (Wildman–Crippen LogP) is 2.25. The summed E-state index contributed by atoms with van der Waals surface area (Å²) in [6.45, 7) is 4.07. The number of nitrogens with one attached hydrogen (secondary N) is 1. The molecule has 0 saturated heterocycles. The number of nitriles is 1. The van der Waals surface area contributed by atoms with Gasteiger partial charge in [0.2, 0.25) is 0 Å². The Kier molecular flexibility index (Phi) is 3.48. The summed E-state index contributed by atoms with van der Waals surface area (Å²) < 4.78 is 0. The van der Waals surface area contributed by atoms with E-state index in [-0.39, 0.29) is 6.04 Å². The summed E-state index contributed by atoms with van der Waals surface area (Å²) in [6.07, 6.45) is 0. The van der Waals surface area contributed by atoms with Gasteiger partial charge in [-0.25, -0.2) is 0 Å². The van der Waals surface area contributed by atoms with Gasteiger partial charge >= 0.3 is 0 Å². The van der Waals surface area contributed by atoms with Crippen molar-refractivity contribution in [3.63, 3.8) is 0 Å². The Bertz CT molecular complexity index is 285. The second-order valence-corrected chi connectivity index (χ2v) is 3.29. The molecule has 1 atom stereocenters. The molecule has 0 amide bonds. The zero-order chi connectivity index (χ0) is 9.68. The molecule has 0 fully saturated rings. The molecule has 1 unspecified atom stereocenters. The van der Waals surface area contributed by atoms with Crippen LogP contribution in [0.5, 0.6) is 0 Å². The van der Waals surface area contributed by atoms with E-state index in [0.717, 1.165) is 5.56 Å². The van der Waals surface area contributed by atoms with E-state index in [0.29, 0.717) is 6.04 Å². The second-order valence-electron chi connectivity index (χ2n) is 3.29. The Balaban J connectivity index is 2.75. The van der Waals surface area contributed by atoms with E-state index in [1.807, 2.05) is 44.2 Å². The van der Waals surface area contributed by atoms with Crippen LogP contribution in [0.2, 0.25) is 0 Å².